The highest BCUT2D eigenvalue weighted by Crippen LogP contribution is 2.41. The Hall–Kier alpha value is -0.570. The van der Waals surface area contributed by atoms with Crippen LogP contribution >= 0.6 is 7.52 Å². The molecule has 0 aliphatic heterocycles. The Labute approximate surface area is 282 Å². The largest absolute Gasteiger partial charge is 0.333 e. The molecule has 1 atom stereocenters. The van der Waals surface area contributed by atoms with Gasteiger partial charge in [0.25, 0.3) is 7.52 Å². The van der Waals surface area contributed by atoms with Crippen molar-refractivity contribution in [2.75, 3.05) is 6.54 Å². The highest BCUT2D eigenvalue weighted by atomic mass is 32.2. The summed E-state index contributed by atoms with van der Waals surface area (Å²) < 4.78 is 48.4. The second-order valence-corrected chi connectivity index (χ2v) is 19.5. The molecule has 0 aliphatic carbocycles. The summed E-state index contributed by atoms with van der Waals surface area (Å²) in [6.45, 7) is 40.4. The van der Waals surface area contributed by atoms with Gasteiger partial charge in [0.1, 0.15) is 0 Å². The molecule has 7 nitrogen and oxygen atoms in total. The number of rotatable bonds is 13. The summed E-state index contributed by atoms with van der Waals surface area (Å²) in [6.07, 6.45) is 6.14. The average Bonchev–Trinajstić information content (AvgIpc) is 2.81. The van der Waals surface area contributed by atoms with Gasteiger partial charge in [0.05, 0.1) is 11.1 Å². The maximum absolute atomic E-state index is 12.6. The third-order valence-corrected chi connectivity index (χ3v) is 9.35. The van der Waals surface area contributed by atoms with E-state index in [0.29, 0.717) is 23.8 Å². The van der Waals surface area contributed by atoms with E-state index in [9.17, 15) is 22.3 Å². The van der Waals surface area contributed by atoms with Crippen LogP contribution in [0.5, 0.6) is 0 Å². The molecule has 0 rings (SSSR count). The minimum absolute atomic E-state index is 0.00463. The molecule has 0 saturated carbocycles. The zero-order valence-corrected chi connectivity index (χ0v) is 34.8. The molecule has 0 aromatic carbocycles. The van der Waals surface area contributed by atoms with Gasteiger partial charge in [-0.25, -0.2) is 22.6 Å². The van der Waals surface area contributed by atoms with Crippen LogP contribution in [0.2, 0.25) is 0 Å². The van der Waals surface area contributed by atoms with Gasteiger partial charge in [-0.1, -0.05) is 115 Å². The third-order valence-electron chi connectivity index (χ3n) is 5.02. The van der Waals surface area contributed by atoms with Gasteiger partial charge < -0.3 is 10.2 Å². The molecule has 1 unspecified atom stereocenters. The topological polar surface area (TPSA) is 108 Å². The van der Waals surface area contributed by atoms with Gasteiger partial charge in [-0.15, -0.1) is 0 Å². The van der Waals surface area contributed by atoms with Crippen LogP contribution in [-0.2, 0) is 14.6 Å². The van der Waals surface area contributed by atoms with Crippen molar-refractivity contribution >= 4 is 17.5 Å². The summed E-state index contributed by atoms with van der Waals surface area (Å²) in [7, 11) is -6.12. The fourth-order valence-corrected chi connectivity index (χ4v) is 4.38. The van der Waals surface area contributed by atoms with Crippen molar-refractivity contribution in [3.8, 4) is 0 Å². The van der Waals surface area contributed by atoms with Crippen molar-refractivity contribution in [1.29, 1.82) is 0 Å². The first-order valence-corrected chi connectivity index (χ1v) is 20.2. The van der Waals surface area contributed by atoms with E-state index in [2.05, 4.69) is 82.7 Å². The molecule has 0 fully saturated rings. The Balaban J connectivity index is -0.000000149. The second-order valence-electron chi connectivity index (χ2n) is 14.6. The molecule has 0 saturated heterocycles. The van der Waals surface area contributed by atoms with Gasteiger partial charge in [-0.05, 0) is 71.8 Å². The van der Waals surface area contributed by atoms with Crippen LogP contribution in [-0.4, -0.2) is 48.9 Å². The summed E-state index contributed by atoms with van der Waals surface area (Å²) >= 11 is 0. The summed E-state index contributed by atoms with van der Waals surface area (Å²) in [5, 5.41) is 5.64. The molecule has 0 aromatic heterocycles. The van der Waals surface area contributed by atoms with Crippen molar-refractivity contribution in [2.24, 2.45) is 29.6 Å². The van der Waals surface area contributed by atoms with Gasteiger partial charge in [-0.3, -0.25) is 4.57 Å². The summed E-state index contributed by atoms with van der Waals surface area (Å²) in [5.74, 6) is 2.57. The van der Waals surface area contributed by atoms with Crippen molar-refractivity contribution in [2.45, 2.75) is 168 Å². The summed E-state index contributed by atoms with van der Waals surface area (Å²) in [6, 6.07) is 0.697. The van der Waals surface area contributed by atoms with E-state index in [1.165, 1.54) is 0 Å². The Morgan fingerprint density at radius 1 is 0.689 bits per heavy atom. The number of hydrogen-bond donors (Lipinski definition) is 4. The monoisotopic (exact) mass is 688 g/mol. The molecular weight excluding hydrogens is 608 g/mol. The zero-order valence-electron chi connectivity index (χ0n) is 33.1. The van der Waals surface area contributed by atoms with E-state index in [1.54, 1.807) is 47.6 Å². The maximum atomic E-state index is 12.6. The standard InChI is InChI=1S/C8H15F.C8H16.C7H17N.C6H16NO2P.C6H15NO2S/c1-6(2)5-8(9)7(3)4;1-7(2)5-6-8(3)4;1-6(2)5-8-7(3)4;2*1-5(2)7-10(8,9)6(3)4/h5-7H,1-4H3;5-8H,1-4H3;6-8H,5H2,1-4H3;5-6H,1-4H3,(H2,7,8,9);5-7H,1-4H3/b8-5-;6-5+;;;. The molecule has 0 aromatic rings. The molecule has 0 aliphatic rings. The van der Waals surface area contributed by atoms with Crippen LogP contribution < -0.4 is 15.1 Å². The van der Waals surface area contributed by atoms with Gasteiger partial charge >= 0.3 is 0 Å². The van der Waals surface area contributed by atoms with Crippen molar-refractivity contribution in [1.82, 2.24) is 15.1 Å². The minimum Gasteiger partial charge on any atom is -0.333 e. The van der Waals surface area contributed by atoms with Crippen LogP contribution in [0, 0.1) is 29.6 Å². The molecule has 276 valence electrons. The first-order valence-electron chi connectivity index (χ1n) is 16.9. The molecule has 45 heavy (non-hydrogen) atoms. The van der Waals surface area contributed by atoms with Crippen LogP contribution in [0.3, 0.4) is 0 Å². The lowest BCUT2D eigenvalue weighted by atomic mass is 10.1. The van der Waals surface area contributed by atoms with Crippen LogP contribution in [0.1, 0.15) is 138 Å². The third kappa shape index (κ3) is 47.9. The van der Waals surface area contributed by atoms with Crippen molar-refractivity contribution < 1.29 is 22.3 Å². The highest BCUT2D eigenvalue weighted by molar-refractivity contribution is 7.90. The van der Waals surface area contributed by atoms with E-state index >= 15 is 0 Å². The molecule has 4 N–H and O–H groups in total. The Kier molecular flexibility index (Phi) is 35.4. The fourth-order valence-electron chi connectivity index (χ4n) is 2.41. The van der Waals surface area contributed by atoms with Crippen LogP contribution in [0.25, 0.3) is 0 Å². The predicted molar refractivity (Wildman–Crippen MR) is 201 cm³/mol. The zero-order chi connectivity index (χ0) is 37.3. The lowest BCUT2D eigenvalue weighted by molar-refractivity contribution is 0.445. The summed E-state index contributed by atoms with van der Waals surface area (Å²) in [5.41, 5.74) is -0.199. The number of nitrogens with one attached hydrogen (secondary N) is 3. The molecule has 0 amide bonds. The Morgan fingerprint density at radius 2 is 1.09 bits per heavy atom. The number of halogens is 1. The van der Waals surface area contributed by atoms with Gasteiger partial charge in [0.2, 0.25) is 10.0 Å². The Bertz CT molecular complexity index is 863. The van der Waals surface area contributed by atoms with E-state index in [0.717, 1.165) is 12.5 Å². The van der Waals surface area contributed by atoms with Crippen LogP contribution in [0.15, 0.2) is 24.1 Å². The molecule has 10 heteroatoms. The predicted octanol–water partition coefficient (Wildman–Crippen LogP) is 9.95. The van der Waals surface area contributed by atoms with Crippen LogP contribution in [0.4, 0.5) is 4.39 Å². The van der Waals surface area contributed by atoms with Crippen molar-refractivity contribution in [3.05, 3.63) is 24.1 Å². The SMILES string of the molecule is CC(C)/C=C(\F)C(C)C.CC(C)/C=C/C(C)C.CC(C)CNC(C)C.CC(C)NP(=O)(O)C(C)C.CC(C)NS(=O)(=O)C(C)C. The van der Waals surface area contributed by atoms with Gasteiger partial charge in [-0.2, -0.15) is 0 Å². The molecule has 0 heterocycles. The maximum Gasteiger partial charge on any atom is 0.269 e. The van der Waals surface area contributed by atoms with Crippen molar-refractivity contribution in [3.63, 3.8) is 0 Å². The molecule has 0 spiro atoms. The lowest BCUT2D eigenvalue weighted by Gasteiger charge is -2.18. The highest BCUT2D eigenvalue weighted by Gasteiger charge is 2.23. The van der Waals surface area contributed by atoms with E-state index in [-0.39, 0.29) is 34.7 Å². The fraction of sp³-hybridized carbons (Fsp3) is 0.886. The molecule has 0 bridgehead atoms. The molecular formula is C35H79FN3O4PS. The van der Waals surface area contributed by atoms with E-state index in [1.807, 2.05) is 41.5 Å². The van der Waals surface area contributed by atoms with Gasteiger partial charge in [0, 0.05) is 29.7 Å². The number of allylic oxidation sites excluding steroid dienone is 4. The molecule has 0 radical (unpaired) electrons. The average molecular weight is 688 g/mol. The first kappa shape index (κ1) is 53.9. The normalized spacial score (nSPS) is 13.7. The Morgan fingerprint density at radius 3 is 1.20 bits per heavy atom. The second kappa shape index (κ2) is 29.6. The first-order chi connectivity index (χ1) is 20.0. The number of hydrogen-bond acceptors (Lipinski definition) is 4. The quantitative estimate of drug-likeness (QED) is 0.113. The van der Waals surface area contributed by atoms with Gasteiger partial charge in [0.15, 0.2) is 0 Å². The smallest absolute Gasteiger partial charge is 0.269 e. The van der Waals surface area contributed by atoms with E-state index < -0.39 is 17.5 Å². The lowest BCUT2D eigenvalue weighted by Crippen LogP contribution is -2.35. The van der Waals surface area contributed by atoms with E-state index in [4.69, 9.17) is 0 Å². The summed E-state index contributed by atoms with van der Waals surface area (Å²) in [4.78, 5) is 9.21. The number of sulfonamides is 1. The minimum atomic E-state index is -3.07.